The Kier molecular flexibility index (Phi) is 9.00. The van der Waals surface area contributed by atoms with Crippen LogP contribution in [0, 0.1) is 17.7 Å². The molecule has 192 valence electrons. The Morgan fingerprint density at radius 1 is 1.36 bits per heavy atom. The van der Waals surface area contributed by atoms with Crippen LogP contribution in [-0.2, 0) is 4.79 Å². The highest BCUT2D eigenvalue weighted by Crippen LogP contribution is 2.36. The molecule has 3 heterocycles. The molecular weight excluding hydrogens is 503 g/mol. The second-order valence-electron chi connectivity index (χ2n) is 9.04. The topological polar surface area (TPSA) is 102 Å². The molecule has 1 saturated heterocycles. The Morgan fingerprint density at radius 2 is 2.19 bits per heavy atom. The van der Waals surface area contributed by atoms with Crippen molar-refractivity contribution in [1.82, 2.24) is 14.9 Å². The molecule has 0 amide bonds. The summed E-state index contributed by atoms with van der Waals surface area (Å²) in [5.41, 5.74) is 8.20. The van der Waals surface area contributed by atoms with Crippen LogP contribution in [0.4, 0.5) is 4.39 Å². The van der Waals surface area contributed by atoms with Crippen LogP contribution in [0.1, 0.15) is 30.9 Å². The fraction of sp³-hybridized carbons (Fsp3) is 0.423. The lowest BCUT2D eigenvalue weighted by atomic mass is 9.81. The second-order valence-corrected chi connectivity index (χ2v) is 10.6. The molecule has 0 unspecified atom stereocenters. The van der Waals surface area contributed by atoms with Crippen LogP contribution < -0.4 is 10.5 Å². The summed E-state index contributed by atoms with van der Waals surface area (Å²) in [7, 11) is 1.61. The highest BCUT2D eigenvalue weighted by Gasteiger charge is 2.34. The number of halogens is 2. The largest absolute Gasteiger partial charge is 0.497 e. The summed E-state index contributed by atoms with van der Waals surface area (Å²) in [5.74, 6) is -0.107. The van der Waals surface area contributed by atoms with Crippen molar-refractivity contribution in [3.63, 3.8) is 0 Å². The Labute approximate surface area is 219 Å². The van der Waals surface area contributed by atoms with E-state index in [-0.39, 0.29) is 17.8 Å². The number of carboxylic acid groups (broad SMARTS) is 1. The number of ether oxygens (including phenoxy) is 1. The Balaban J connectivity index is 1.36. The lowest BCUT2D eigenvalue weighted by molar-refractivity contribution is -0.146. The molecule has 1 fully saturated rings. The van der Waals surface area contributed by atoms with Gasteiger partial charge in [-0.15, -0.1) is 11.8 Å². The first-order chi connectivity index (χ1) is 17.4. The lowest BCUT2D eigenvalue weighted by Crippen LogP contribution is -2.44. The number of fused-ring (bicyclic) bond motifs is 1. The number of aromatic nitrogens is 2. The molecule has 3 atom stereocenters. The van der Waals surface area contributed by atoms with E-state index in [1.807, 2.05) is 18.2 Å². The first-order valence-corrected chi connectivity index (χ1v) is 13.3. The number of hydrogen-bond donors (Lipinski definition) is 2. The predicted octanol–water partition coefficient (Wildman–Crippen LogP) is 5.03. The molecule has 36 heavy (non-hydrogen) atoms. The number of hydrogen-bond acceptors (Lipinski definition) is 7. The summed E-state index contributed by atoms with van der Waals surface area (Å²) in [6.07, 6.45) is 5.16. The quantitative estimate of drug-likeness (QED) is 0.351. The second kappa shape index (κ2) is 12.2. The number of pyridine rings is 2. The van der Waals surface area contributed by atoms with Gasteiger partial charge in [0.1, 0.15) is 11.6 Å². The van der Waals surface area contributed by atoms with E-state index in [0.29, 0.717) is 35.2 Å². The minimum Gasteiger partial charge on any atom is -0.497 e. The van der Waals surface area contributed by atoms with Crippen LogP contribution in [-0.4, -0.2) is 58.4 Å². The maximum Gasteiger partial charge on any atom is 0.308 e. The number of benzene rings is 1. The van der Waals surface area contributed by atoms with E-state index in [4.69, 9.17) is 22.1 Å². The summed E-state index contributed by atoms with van der Waals surface area (Å²) in [6.45, 7) is 2.03. The molecule has 0 radical (unpaired) electrons. The van der Waals surface area contributed by atoms with Gasteiger partial charge in [0.25, 0.3) is 0 Å². The van der Waals surface area contributed by atoms with Crippen molar-refractivity contribution in [2.24, 2.45) is 17.6 Å². The molecule has 10 heteroatoms. The monoisotopic (exact) mass is 532 g/mol. The Morgan fingerprint density at radius 3 is 2.94 bits per heavy atom. The lowest BCUT2D eigenvalue weighted by Gasteiger charge is -2.37. The van der Waals surface area contributed by atoms with E-state index in [2.05, 4.69) is 14.9 Å². The van der Waals surface area contributed by atoms with Crippen LogP contribution in [0.5, 0.6) is 5.75 Å². The average Bonchev–Trinajstić information content (AvgIpc) is 2.87. The molecule has 7 nitrogen and oxygen atoms in total. The molecule has 1 aromatic carbocycles. The summed E-state index contributed by atoms with van der Waals surface area (Å²) in [6, 6.07) is 7.99. The minimum atomic E-state index is -0.783. The number of carbonyl (C=O) groups is 1. The molecule has 1 aliphatic heterocycles. The van der Waals surface area contributed by atoms with Gasteiger partial charge in [0.15, 0.2) is 0 Å². The van der Waals surface area contributed by atoms with Crippen molar-refractivity contribution in [2.75, 3.05) is 32.5 Å². The third kappa shape index (κ3) is 6.45. The third-order valence-electron chi connectivity index (χ3n) is 6.80. The number of rotatable bonds is 10. The normalized spacial score (nSPS) is 19.3. The number of piperidine rings is 1. The summed E-state index contributed by atoms with van der Waals surface area (Å²) < 4.78 is 18.7. The number of aliphatic carboxylic acids is 1. The van der Waals surface area contributed by atoms with Crippen LogP contribution >= 0.6 is 23.4 Å². The van der Waals surface area contributed by atoms with Gasteiger partial charge >= 0.3 is 5.97 Å². The van der Waals surface area contributed by atoms with Gasteiger partial charge in [-0.25, -0.2) is 9.37 Å². The van der Waals surface area contributed by atoms with E-state index in [9.17, 15) is 14.3 Å². The highest BCUT2D eigenvalue weighted by atomic mass is 35.5. The smallest absolute Gasteiger partial charge is 0.308 e. The summed E-state index contributed by atoms with van der Waals surface area (Å²) >= 11 is 7.98. The van der Waals surface area contributed by atoms with Gasteiger partial charge in [-0.05, 0) is 61.6 Å². The van der Waals surface area contributed by atoms with Crippen molar-refractivity contribution in [2.45, 2.75) is 30.3 Å². The fourth-order valence-corrected chi connectivity index (χ4v) is 6.03. The number of nitrogens with two attached hydrogens (primary N) is 1. The molecule has 1 aliphatic rings. The van der Waals surface area contributed by atoms with Crippen molar-refractivity contribution in [3.8, 4) is 5.75 Å². The first kappa shape index (κ1) is 26.6. The van der Waals surface area contributed by atoms with E-state index in [1.54, 1.807) is 13.3 Å². The molecular formula is C26H30ClFN4O3S. The standard InChI is InChI=1S/C26H30ClFN4O3S/c1-35-18-3-5-23-19(13-18)25(21(27)14-31-23)22(29)4-2-16-7-9-32(15-20(16)26(33)34)10-11-36-24-12-17(28)6-8-30-24/h3,5-6,8,12-14,16,20,22H,2,4,7,9-11,15,29H2,1H3,(H,33,34)/t16-,20+,22-/m0/s1. The van der Waals surface area contributed by atoms with Gasteiger partial charge in [0.2, 0.25) is 0 Å². The number of carboxylic acids is 1. The number of thioether (sulfide) groups is 1. The molecule has 0 spiro atoms. The van der Waals surface area contributed by atoms with Crippen LogP contribution in [0.2, 0.25) is 5.02 Å². The SMILES string of the molecule is COc1ccc2ncc(Cl)c([C@@H](N)CC[C@H]3CCN(CCSc4cc(F)ccn4)C[C@H]3C(=O)O)c2c1. The van der Waals surface area contributed by atoms with E-state index in [1.165, 1.54) is 30.1 Å². The average molecular weight is 533 g/mol. The van der Waals surface area contributed by atoms with Crippen molar-refractivity contribution in [1.29, 1.82) is 0 Å². The zero-order chi connectivity index (χ0) is 25.7. The van der Waals surface area contributed by atoms with E-state index < -0.39 is 11.9 Å². The van der Waals surface area contributed by atoms with Crippen LogP contribution in [0.25, 0.3) is 10.9 Å². The molecule has 2 aromatic heterocycles. The zero-order valence-corrected chi connectivity index (χ0v) is 21.6. The fourth-order valence-electron chi connectivity index (χ4n) is 4.85. The number of nitrogens with zero attached hydrogens (tertiary/aromatic N) is 3. The molecule has 3 N–H and O–H groups in total. The van der Waals surface area contributed by atoms with Gasteiger partial charge in [0, 0.05) is 48.7 Å². The Hall–Kier alpha value is -2.46. The molecule has 3 aromatic rings. The highest BCUT2D eigenvalue weighted by molar-refractivity contribution is 7.99. The molecule has 4 rings (SSSR count). The van der Waals surface area contributed by atoms with Crippen molar-refractivity contribution in [3.05, 3.63) is 59.1 Å². The maximum atomic E-state index is 13.3. The van der Waals surface area contributed by atoms with Crippen molar-refractivity contribution < 1.29 is 19.0 Å². The summed E-state index contributed by atoms with van der Waals surface area (Å²) in [5, 5.41) is 11.9. The number of methoxy groups -OCH3 is 1. The van der Waals surface area contributed by atoms with Gasteiger partial charge in [-0.1, -0.05) is 11.6 Å². The van der Waals surface area contributed by atoms with Crippen LogP contribution in [0.15, 0.2) is 47.8 Å². The van der Waals surface area contributed by atoms with Crippen LogP contribution in [0.3, 0.4) is 0 Å². The zero-order valence-electron chi connectivity index (χ0n) is 20.1. The predicted molar refractivity (Wildman–Crippen MR) is 140 cm³/mol. The van der Waals surface area contributed by atoms with E-state index >= 15 is 0 Å². The molecule has 0 saturated carbocycles. The van der Waals surface area contributed by atoms with Gasteiger partial charge in [-0.3, -0.25) is 9.78 Å². The number of likely N-dealkylation sites (tertiary alicyclic amines) is 1. The Bertz CT molecular complexity index is 1220. The van der Waals surface area contributed by atoms with Gasteiger partial charge < -0.3 is 20.5 Å². The summed E-state index contributed by atoms with van der Waals surface area (Å²) in [4.78, 5) is 22.8. The van der Waals surface area contributed by atoms with Gasteiger partial charge in [-0.2, -0.15) is 0 Å². The third-order valence-corrected chi connectivity index (χ3v) is 8.01. The van der Waals surface area contributed by atoms with Gasteiger partial charge in [0.05, 0.1) is 28.6 Å². The first-order valence-electron chi connectivity index (χ1n) is 11.9. The van der Waals surface area contributed by atoms with Crippen molar-refractivity contribution >= 4 is 40.2 Å². The minimum absolute atomic E-state index is 0.0313. The molecule has 0 bridgehead atoms. The maximum absolute atomic E-state index is 13.3. The molecule has 0 aliphatic carbocycles. The van der Waals surface area contributed by atoms with E-state index in [0.717, 1.165) is 41.7 Å².